The average molecular weight is 585 g/mol. The van der Waals surface area contributed by atoms with Crippen molar-refractivity contribution in [3.8, 4) is 0 Å². The van der Waals surface area contributed by atoms with Crippen molar-refractivity contribution in [1.82, 2.24) is 4.90 Å². The second-order valence-electron chi connectivity index (χ2n) is 8.97. The summed E-state index contributed by atoms with van der Waals surface area (Å²) < 4.78 is 29.5. The Morgan fingerprint density at radius 3 is 2.23 bits per heavy atom. The van der Waals surface area contributed by atoms with E-state index in [1.54, 1.807) is 18.2 Å². The van der Waals surface area contributed by atoms with E-state index in [0.29, 0.717) is 9.92 Å². The molecule has 13 heteroatoms. The van der Waals surface area contributed by atoms with Gasteiger partial charge in [0, 0.05) is 28.5 Å². The number of carbonyl (C=O) groups is 4. The van der Waals surface area contributed by atoms with Crippen LogP contribution >= 0.6 is 11.6 Å². The molecular weight excluding hydrogens is 564 g/mol. The SMILES string of the molecule is CS(=O)(=O)CC[C@@H](C(=O)O[C@@H](C(=O)c1ccc(Cl)cc1)c1ccccc1)N1C(=O)c2cccc([N+](=O)[O-])c2C1=O. The second-order valence-corrected chi connectivity index (χ2v) is 11.7. The lowest BCUT2D eigenvalue weighted by Gasteiger charge is -2.26. The highest BCUT2D eigenvalue weighted by Gasteiger charge is 2.47. The summed E-state index contributed by atoms with van der Waals surface area (Å²) in [7, 11) is -3.69. The Hall–Kier alpha value is -4.42. The van der Waals surface area contributed by atoms with Gasteiger partial charge in [0.15, 0.2) is 6.10 Å². The summed E-state index contributed by atoms with van der Waals surface area (Å²) in [6.07, 6.45) is -1.19. The molecule has 0 spiro atoms. The summed E-state index contributed by atoms with van der Waals surface area (Å²) in [4.78, 5) is 64.7. The maximum Gasteiger partial charge on any atom is 0.330 e. The molecule has 206 valence electrons. The first-order valence-corrected chi connectivity index (χ1v) is 14.2. The number of fused-ring (bicyclic) bond motifs is 1. The number of ether oxygens (including phenoxy) is 1. The average Bonchev–Trinajstić information content (AvgIpc) is 3.17. The maximum atomic E-state index is 13.6. The Morgan fingerprint density at radius 1 is 0.975 bits per heavy atom. The van der Waals surface area contributed by atoms with Crippen LogP contribution in [-0.4, -0.2) is 59.9 Å². The summed E-state index contributed by atoms with van der Waals surface area (Å²) in [5, 5.41) is 11.9. The van der Waals surface area contributed by atoms with Gasteiger partial charge in [-0.15, -0.1) is 0 Å². The number of nitro groups is 1. The monoisotopic (exact) mass is 584 g/mol. The number of Topliss-reactive ketones (excluding diaryl/α,β-unsaturated/α-hetero) is 1. The number of nitrogens with zero attached hydrogens (tertiary/aromatic N) is 2. The van der Waals surface area contributed by atoms with Crippen LogP contribution in [0.2, 0.25) is 5.02 Å². The van der Waals surface area contributed by atoms with Gasteiger partial charge >= 0.3 is 5.97 Å². The maximum absolute atomic E-state index is 13.6. The second kappa shape index (κ2) is 11.4. The molecule has 0 saturated heterocycles. The van der Waals surface area contributed by atoms with Crippen LogP contribution in [-0.2, 0) is 19.4 Å². The lowest BCUT2D eigenvalue weighted by molar-refractivity contribution is -0.385. The lowest BCUT2D eigenvalue weighted by Crippen LogP contribution is -2.47. The molecule has 40 heavy (non-hydrogen) atoms. The summed E-state index contributed by atoms with van der Waals surface area (Å²) in [6, 6.07) is 15.4. The first-order valence-electron chi connectivity index (χ1n) is 11.8. The Labute approximate surface area is 233 Å². The Morgan fingerprint density at radius 2 is 1.62 bits per heavy atom. The van der Waals surface area contributed by atoms with Crippen molar-refractivity contribution in [2.24, 2.45) is 0 Å². The minimum atomic E-state index is -3.69. The van der Waals surface area contributed by atoms with Crippen molar-refractivity contribution < 1.29 is 37.3 Å². The highest BCUT2D eigenvalue weighted by atomic mass is 35.5. The number of sulfone groups is 1. The molecule has 0 N–H and O–H groups in total. The van der Waals surface area contributed by atoms with Crippen molar-refractivity contribution in [2.75, 3.05) is 12.0 Å². The fraction of sp³-hybridized carbons (Fsp3) is 0.185. The minimum Gasteiger partial charge on any atom is -0.447 e. The molecule has 11 nitrogen and oxygen atoms in total. The summed E-state index contributed by atoms with van der Waals surface area (Å²) in [5.41, 5.74) is -1.06. The number of imide groups is 1. The summed E-state index contributed by atoms with van der Waals surface area (Å²) in [5.74, 6) is -4.68. The van der Waals surface area contributed by atoms with Crippen molar-refractivity contribution in [3.05, 3.63) is 110 Å². The van der Waals surface area contributed by atoms with Crippen molar-refractivity contribution in [3.63, 3.8) is 0 Å². The van der Waals surface area contributed by atoms with E-state index in [4.69, 9.17) is 16.3 Å². The van der Waals surface area contributed by atoms with Crippen LogP contribution < -0.4 is 0 Å². The molecule has 4 rings (SSSR count). The topological polar surface area (TPSA) is 158 Å². The van der Waals surface area contributed by atoms with E-state index in [2.05, 4.69) is 0 Å². The van der Waals surface area contributed by atoms with E-state index in [1.165, 1.54) is 48.5 Å². The zero-order chi connectivity index (χ0) is 29.2. The third-order valence-corrected chi connectivity index (χ3v) is 7.40. The Bertz CT molecular complexity index is 1620. The largest absolute Gasteiger partial charge is 0.447 e. The van der Waals surface area contributed by atoms with Crippen molar-refractivity contribution in [2.45, 2.75) is 18.6 Å². The first-order chi connectivity index (χ1) is 18.9. The number of benzene rings is 3. The van der Waals surface area contributed by atoms with Crippen LogP contribution in [0.15, 0.2) is 72.8 Å². The predicted octanol–water partition coefficient (Wildman–Crippen LogP) is 3.81. The highest BCUT2D eigenvalue weighted by Crippen LogP contribution is 2.34. The van der Waals surface area contributed by atoms with E-state index in [-0.39, 0.29) is 16.7 Å². The van der Waals surface area contributed by atoms with Crippen LogP contribution in [0.3, 0.4) is 0 Å². The zero-order valence-electron chi connectivity index (χ0n) is 20.9. The van der Waals surface area contributed by atoms with Crippen LogP contribution in [0, 0.1) is 10.1 Å². The number of hydrogen-bond acceptors (Lipinski definition) is 9. The normalized spacial score (nSPS) is 14.4. The quantitative estimate of drug-likeness (QED) is 0.113. The van der Waals surface area contributed by atoms with Crippen LogP contribution in [0.4, 0.5) is 5.69 Å². The number of nitro benzene ring substituents is 1. The van der Waals surface area contributed by atoms with Crippen LogP contribution in [0.1, 0.15) is 49.2 Å². The molecule has 0 saturated carbocycles. The third kappa shape index (κ3) is 5.92. The van der Waals surface area contributed by atoms with Crippen LogP contribution in [0.25, 0.3) is 0 Å². The van der Waals surface area contributed by atoms with Gasteiger partial charge in [0.2, 0.25) is 5.78 Å². The first kappa shape index (κ1) is 28.6. The molecule has 3 aromatic carbocycles. The van der Waals surface area contributed by atoms with Crippen molar-refractivity contribution >= 4 is 50.7 Å². The number of hydrogen-bond donors (Lipinski definition) is 0. The summed E-state index contributed by atoms with van der Waals surface area (Å²) in [6.45, 7) is 0. The molecule has 1 aliphatic rings. The van der Waals surface area contributed by atoms with Gasteiger partial charge in [-0.3, -0.25) is 29.4 Å². The molecule has 0 aromatic heterocycles. The van der Waals surface area contributed by atoms with Gasteiger partial charge in [0.05, 0.1) is 16.2 Å². The number of rotatable bonds is 10. The van der Waals surface area contributed by atoms with Gasteiger partial charge in [0.1, 0.15) is 21.4 Å². The molecule has 2 atom stereocenters. The Balaban J connectivity index is 1.74. The molecule has 0 unspecified atom stereocenters. The van der Waals surface area contributed by atoms with Gasteiger partial charge in [-0.05, 0) is 36.8 Å². The predicted molar refractivity (Wildman–Crippen MR) is 143 cm³/mol. The van der Waals surface area contributed by atoms with Gasteiger partial charge in [-0.1, -0.05) is 48.0 Å². The van der Waals surface area contributed by atoms with E-state index in [9.17, 15) is 37.7 Å². The molecule has 1 heterocycles. The molecule has 0 radical (unpaired) electrons. The number of esters is 1. The van der Waals surface area contributed by atoms with E-state index < -0.39 is 73.9 Å². The minimum absolute atomic E-state index is 0.148. The van der Waals surface area contributed by atoms with E-state index in [1.807, 2.05) is 0 Å². The lowest BCUT2D eigenvalue weighted by atomic mass is 9.99. The number of ketones is 1. The van der Waals surface area contributed by atoms with Crippen molar-refractivity contribution in [1.29, 1.82) is 0 Å². The smallest absolute Gasteiger partial charge is 0.330 e. The summed E-state index contributed by atoms with van der Waals surface area (Å²) >= 11 is 5.92. The number of carbonyl (C=O) groups excluding carboxylic acids is 4. The number of amides is 2. The highest BCUT2D eigenvalue weighted by molar-refractivity contribution is 7.90. The van der Waals surface area contributed by atoms with Gasteiger partial charge in [-0.25, -0.2) is 13.2 Å². The number of halogens is 1. The molecular formula is C27H21ClN2O9S. The van der Waals surface area contributed by atoms with E-state index in [0.717, 1.165) is 12.3 Å². The van der Waals surface area contributed by atoms with E-state index >= 15 is 0 Å². The van der Waals surface area contributed by atoms with Gasteiger partial charge < -0.3 is 4.74 Å². The molecule has 1 aliphatic heterocycles. The molecule has 0 aliphatic carbocycles. The van der Waals surface area contributed by atoms with Gasteiger partial charge in [-0.2, -0.15) is 0 Å². The molecule has 3 aromatic rings. The third-order valence-electron chi connectivity index (χ3n) is 6.17. The van der Waals surface area contributed by atoms with Gasteiger partial charge in [0.25, 0.3) is 17.5 Å². The molecule has 2 amide bonds. The fourth-order valence-corrected chi connectivity index (χ4v) is 5.04. The van der Waals surface area contributed by atoms with Crippen LogP contribution in [0.5, 0.6) is 0 Å². The standard InChI is InChI=1S/C27H21ClN2O9S/c1-40(37,38)15-14-21(29-25(32)19-8-5-9-20(30(35)36)22(19)26(29)33)27(34)39-24(17-6-3-2-4-7-17)23(31)16-10-12-18(28)13-11-16/h2-13,21,24H,14-15H2,1H3/t21-,24+/m0/s1. The zero-order valence-corrected chi connectivity index (χ0v) is 22.4. The molecule has 0 bridgehead atoms. The molecule has 0 fully saturated rings. The fourth-order valence-electron chi connectivity index (χ4n) is 4.26. The Kier molecular flexibility index (Phi) is 8.12.